The Morgan fingerprint density at radius 2 is 1.72 bits per heavy atom. The molecule has 2 atom stereocenters. The van der Waals surface area contributed by atoms with E-state index in [1.165, 1.54) is 34.7 Å². The zero-order valence-electron chi connectivity index (χ0n) is 25.1. The number of carbonyl (C=O) groups is 3. The highest BCUT2D eigenvalue weighted by Gasteiger charge is 2.28. The highest BCUT2D eigenvalue weighted by molar-refractivity contribution is 8.00. The van der Waals surface area contributed by atoms with Crippen LogP contribution in [-0.4, -0.2) is 28.1 Å². The molecule has 230 valence electrons. The largest absolute Gasteiger partial charge is 0.478 e. The molecule has 0 bridgehead atoms. The minimum atomic E-state index is -1.10. The van der Waals surface area contributed by atoms with E-state index in [2.05, 4.69) is 41.0 Å². The van der Waals surface area contributed by atoms with Gasteiger partial charge in [-0.1, -0.05) is 67.6 Å². The van der Waals surface area contributed by atoms with Crippen molar-refractivity contribution in [3.8, 4) is 6.07 Å². The van der Waals surface area contributed by atoms with Gasteiger partial charge in [0, 0.05) is 26.4 Å². The summed E-state index contributed by atoms with van der Waals surface area (Å²) in [7, 11) is 0. The molecule has 0 saturated carbocycles. The van der Waals surface area contributed by atoms with Gasteiger partial charge in [-0.15, -0.1) is 23.1 Å². The Hall–Kier alpha value is -4.91. The molecule has 2 amide bonds. The lowest BCUT2D eigenvalue weighted by molar-refractivity contribution is -0.115. The van der Waals surface area contributed by atoms with Crippen LogP contribution in [-0.2, 0) is 17.6 Å². The first kappa shape index (κ1) is 31.1. The Morgan fingerprint density at radius 1 is 0.978 bits per heavy atom. The number of nitrogens with zero attached hydrogens (tertiary/aromatic N) is 1. The van der Waals surface area contributed by atoms with Crippen LogP contribution in [0.25, 0.3) is 10.8 Å². The average Bonchev–Trinajstić information content (AvgIpc) is 3.42. The molecule has 4 aromatic carbocycles. The normalized spacial score (nSPS) is 14.6. The molecule has 3 N–H and O–H groups in total. The number of hydrogen-bond donors (Lipinski definition) is 3. The number of rotatable bonds is 9. The molecule has 5 aromatic rings. The van der Waals surface area contributed by atoms with E-state index in [1.54, 1.807) is 48.5 Å². The minimum Gasteiger partial charge on any atom is -0.478 e. The molecule has 2 unspecified atom stereocenters. The second kappa shape index (κ2) is 13.6. The molecule has 1 aromatic heterocycles. The minimum absolute atomic E-state index is 0.0616. The molecule has 0 radical (unpaired) electrons. The number of amides is 2. The third-order valence-electron chi connectivity index (χ3n) is 8.30. The molecule has 7 nitrogen and oxygen atoms in total. The summed E-state index contributed by atoms with van der Waals surface area (Å²) in [5.74, 6) is -1.30. The summed E-state index contributed by atoms with van der Waals surface area (Å²) < 4.78 is 0. The Labute approximate surface area is 275 Å². The maximum absolute atomic E-state index is 13.5. The number of fused-ring (bicyclic) bond motifs is 2. The van der Waals surface area contributed by atoms with Crippen LogP contribution < -0.4 is 10.6 Å². The standard InChI is InChI=1S/C37H31N3O4S2/c1-2-31(35(42)40-36-30(21-38)27-18-17-24(19-32(27)46-36)22-9-4-3-5-10-22)45-26-14-8-13-25(20-26)39-34(41)28-15-6-11-23-12-7-16-29(33(23)28)37(43)44/h3-16,20,24,31H,2,17-19H2,1H3,(H,39,41)(H,40,42)(H,43,44). The van der Waals surface area contributed by atoms with Gasteiger partial charge in [-0.25, -0.2) is 4.79 Å². The summed E-state index contributed by atoms with van der Waals surface area (Å²) in [6.45, 7) is 1.94. The van der Waals surface area contributed by atoms with E-state index in [-0.39, 0.29) is 17.0 Å². The summed E-state index contributed by atoms with van der Waals surface area (Å²) in [5, 5.41) is 26.9. The van der Waals surface area contributed by atoms with Crippen LogP contribution >= 0.6 is 23.1 Å². The number of hydrogen-bond acceptors (Lipinski definition) is 6. The van der Waals surface area contributed by atoms with E-state index in [9.17, 15) is 24.8 Å². The lowest BCUT2D eigenvalue weighted by Gasteiger charge is -2.22. The Bertz CT molecular complexity index is 1990. The highest BCUT2D eigenvalue weighted by Crippen LogP contribution is 2.42. The van der Waals surface area contributed by atoms with Crippen LogP contribution in [0.1, 0.15) is 68.0 Å². The third-order valence-corrected chi connectivity index (χ3v) is 10.8. The fraction of sp³-hybridized carbons (Fsp3) is 0.189. The Balaban J connectivity index is 1.16. The van der Waals surface area contributed by atoms with Crippen LogP contribution in [0.15, 0.2) is 95.9 Å². The Kier molecular flexibility index (Phi) is 9.20. The van der Waals surface area contributed by atoms with Gasteiger partial charge in [-0.05, 0) is 78.4 Å². The third kappa shape index (κ3) is 6.41. The maximum atomic E-state index is 13.5. The molecule has 9 heteroatoms. The smallest absolute Gasteiger partial charge is 0.336 e. The first-order valence-electron chi connectivity index (χ1n) is 15.1. The molecular formula is C37H31N3O4S2. The number of anilines is 2. The number of nitriles is 1. The number of thiophene rings is 1. The van der Waals surface area contributed by atoms with Crippen molar-refractivity contribution >= 4 is 62.3 Å². The molecule has 0 aliphatic heterocycles. The fourth-order valence-corrected chi connectivity index (χ4v) is 8.33. The molecule has 0 saturated heterocycles. The van der Waals surface area contributed by atoms with Gasteiger partial charge in [0.2, 0.25) is 5.91 Å². The second-order valence-electron chi connectivity index (χ2n) is 11.2. The van der Waals surface area contributed by atoms with Crippen LogP contribution in [0.3, 0.4) is 0 Å². The zero-order valence-corrected chi connectivity index (χ0v) is 26.7. The van der Waals surface area contributed by atoms with E-state index in [4.69, 9.17) is 0 Å². The number of benzene rings is 4. The van der Waals surface area contributed by atoms with Gasteiger partial charge in [0.25, 0.3) is 5.91 Å². The number of carboxylic acid groups (broad SMARTS) is 1. The molecule has 0 spiro atoms. The molecule has 6 rings (SSSR count). The monoisotopic (exact) mass is 645 g/mol. The van der Waals surface area contributed by atoms with Gasteiger partial charge >= 0.3 is 5.97 Å². The summed E-state index contributed by atoms with van der Waals surface area (Å²) in [6, 6.07) is 30.1. The van der Waals surface area contributed by atoms with E-state index in [0.717, 1.165) is 34.6 Å². The molecular weight excluding hydrogens is 615 g/mol. The number of carboxylic acids is 1. The summed E-state index contributed by atoms with van der Waals surface area (Å²) in [6.07, 6.45) is 3.20. The van der Waals surface area contributed by atoms with Crippen molar-refractivity contribution in [2.24, 2.45) is 0 Å². The zero-order chi connectivity index (χ0) is 32.2. The maximum Gasteiger partial charge on any atom is 0.336 e. The van der Waals surface area contributed by atoms with Crippen molar-refractivity contribution in [3.63, 3.8) is 0 Å². The van der Waals surface area contributed by atoms with Gasteiger partial charge in [0.15, 0.2) is 0 Å². The van der Waals surface area contributed by atoms with Crippen molar-refractivity contribution in [3.05, 3.63) is 124 Å². The predicted octanol–water partition coefficient (Wildman–Crippen LogP) is 8.51. The van der Waals surface area contributed by atoms with Crippen molar-refractivity contribution in [1.29, 1.82) is 5.26 Å². The van der Waals surface area contributed by atoms with Crippen LogP contribution in [0.2, 0.25) is 0 Å². The van der Waals surface area contributed by atoms with Gasteiger partial charge in [0.05, 0.1) is 16.4 Å². The van der Waals surface area contributed by atoms with E-state index in [1.807, 2.05) is 19.1 Å². The lowest BCUT2D eigenvalue weighted by atomic mass is 9.83. The van der Waals surface area contributed by atoms with Crippen molar-refractivity contribution in [2.75, 3.05) is 10.6 Å². The Morgan fingerprint density at radius 3 is 2.43 bits per heavy atom. The molecule has 1 heterocycles. The predicted molar refractivity (Wildman–Crippen MR) is 184 cm³/mol. The summed E-state index contributed by atoms with van der Waals surface area (Å²) in [4.78, 5) is 40.7. The molecule has 46 heavy (non-hydrogen) atoms. The number of aromatic carboxylic acids is 1. The van der Waals surface area contributed by atoms with Crippen LogP contribution in [0.4, 0.5) is 10.7 Å². The highest BCUT2D eigenvalue weighted by atomic mass is 32.2. The lowest BCUT2D eigenvalue weighted by Crippen LogP contribution is -2.24. The second-order valence-corrected chi connectivity index (χ2v) is 13.6. The molecule has 1 aliphatic carbocycles. The fourth-order valence-electron chi connectivity index (χ4n) is 6.03. The van der Waals surface area contributed by atoms with E-state index in [0.29, 0.717) is 39.4 Å². The van der Waals surface area contributed by atoms with Gasteiger partial charge in [-0.2, -0.15) is 5.26 Å². The van der Waals surface area contributed by atoms with Crippen LogP contribution in [0, 0.1) is 11.3 Å². The van der Waals surface area contributed by atoms with Crippen LogP contribution in [0.5, 0.6) is 0 Å². The quantitative estimate of drug-likeness (QED) is 0.138. The van der Waals surface area contributed by atoms with E-state index < -0.39 is 17.1 Å². The summed E-state index contributed by atoms with van der Waals surface area (Å²) >= 11 is 2.90. The van der Waals surface area contributed by atoms with Gasteiger partial charge in [0.1, 0.15) is 11.1 Å². The van der Waals surface area contributed by atoms with Crippen molar-refractivity contribution < 1.29 is 19.5 Å². The first-order valence-corrected chi connectivity index (χ1v) is 16.8. The molecule has 0 fully saturated rings. The summed E-state index contributed by atoms with van der Waals surface area (Å²) in [5.41, 5.74) is 3.78. The number of nitrogens with one attached hydrogen (secondary N) is 2. The topological polar surface area (TPSA) is 119 Å². The average molecular weight is 646 g/mol. The SMILES string of the molecule is CCC(Sc1cccc(NC(=O)c2cccc3cccc(C(=O)O)c23)c1)C(=O)Nc1sc2c(c1C#N)CCC(c1ccccc1)C2. The van der Waals surface area contributed by atoms with Gasteiger partial charge < -0.3 is 15.7 Å². The van der Waals surface area contributed by atoms with Crippen molar-refractivity contribution in [2.45, 2.75) is 48.7 Å². The van der Waals surface area contributed by atoms with E-state index >= 15 is 0 Å². The number of carbonyl (C=O) groups excluding carboxylic acids is 2. The number of thioether (sulfide) groups is 1. The molecule has 1 aliphatic rings. The first-order chi connectivity index (χ1) is 22.4. The van der Waals surface area contributed by atoms with Crippen molar-refractivity contribution in [1.82, 2.24) is 0 Å². The van der Waals surface area contributed by atoms with Gasteiger partial charge in [-0.3, -0.25) is 9.59 Å².